The highest BCUT2D eigenvalue weighted by Gasteiger charge is 2.18. The van der Waals surface area contributed by atoms with Crippen molar-refractivity contribution in [2.75, 3.05) is 25.1 Å². The van der Waals surface area contributed by atoms with E-state index in [1.165, 1.54) is 15.9 Å². The molecule has 0 bridgehead atoms. The Balaban J connectivity index is 2.10. The number of amides is 1. The summed E-state index contributed by atoms with van der Waals surface area (Å²) in [5, 5.41) is 14.6. The maximum Gasteiger partial charge on any atom is 0.269 e. The predicted molar refractivity (Wildman–Crippen MR) is 137 cm³/mol. The number of aryl methyl sites for hydroxylation is 1. The SMILES string of the molecule is CCOCCCn1c(=O)/c(=C\c2sccc2C)s/c1=C(/C#N)C(=O)Nc1ccccc1OCC. The minimum atomic E-state index is -0.590. The van der Waals surface area contributed by atoms with Gasteiger partial charge in [-0.15, -0.1) is 22.7 Å². The molecule has 2 aromatic heterocycles. The van der Waals surface area contributed by atoms with Gasteiger partial charge in [-0.05, 0) is 62.4 Å². The molecule has 1 N–H and O–H groups in total. The minimum Gasteiger partial charge on any atom is -0.492 e. The van der Waals surface area contributed by atoms with Crippen molar-refractivity contribution in [3.63, 3.8) is 0 Å². The zero-order valence-electron chi connectivity index (χ0n) is 19.4. The van der Waals surface area contributed by atoms with Crippen LogP contribution < -0.4 is 24.8 Å². The summed E-state index contributed by atoms with van der Waals surface area (Å²) >= 11 is 2.69. The molecule has 178 valence electrons. The van der Waals surface area contributed by atoms with Crippen molar-refractivity contribution in [1.82, 2.24) is 4.57 Å². The topological polar surface area (TPSA) is 93.4 Å². The van der Waals surface area contributed by atoms with Crippen LogP contribution in [0.5, 0.6) is 5.75 Å². The summed E-state index contributed by atoms with van der Waals surface area (Å²) in [7, 11) is 0. The van der Waals surface area contributed by atoms with Crippen LogP contribution in [0, 0.1) is 18.3 Å². The van der Waals surface area contributed by atoms with Gasteiger partial charge in [-0.25, -0.2) is 0 Å². The van der Waals surface area contributed by atoms with E-state index in [1.807, 2.05) is 44.4 Å². The van der Waals surface area contributed by atoms with E-state index in [0.29, 0.717) is 53.4 Å². The minimum absolute atomic E-state index is 0.118. The van der Waals surface area contributed by atoms with E-state index in [1.54, 1.807) is 24.3 Å². The van der Waals surface area contributed by atoms with Gasteiger partial charge in [-0.3, -0.25) is 14.2 Å². The van der Waals surface area contributed by atoms with Crippen LogP contribution >= 0.6 is 22.7 Å². The lowest BCUT2D eigenvalue weighted by Gasteiger charge is -2.11. The van der Waals surface area contributed by atoms with Gasteiger partial charge >= 0.3 is 0 Å². The average Bonchev–Trinajstić information content (AvgIpc) is 3.36. The van der Waals surface area contributed by atoms with E-state index >= 15 is 0 Å². The number of nitrogens with one attached hydrogen (secondary N) is 1. The van der Waals surface area contributed by atoms with E-state index in [4.69, 9.17) is 9.47 Å². The molecular weight excluding hydrogens is 470 g/mol. The summed E-state index contributed by atoms with van der Waals surface area (Å²) in [4.78, 5) is 27.4. The largest absolute Gasteiger partial charge is 0.492 e. The number of nitrogens with zero attached hydrogens (tertiary/aromatic N) is 2. The summed E-state index contributed by atoms with van der Waals surface area (Å²) in [6, 6.07) is 11.0. The van der Waals surface area contributed by atoms with Gasteiger partial charge < -0.3 is 14.8 Å². The molecule has 1 aromatic carbocycles. The number of thiazole rings is 1. The van der Waals surface area contributed by atoms with Crippen molar-refractivity contribution in [1.29, 1.82) is 5.26 Å². The van der Waals surface area contributed by atoms with E-state index < -0.39 is 5.91 Å². The molecule has 0 aliphatic rings. The molecule has 7 nitrogen and oxygen atoms in total. The number of hydrogen-bond acceptors (Lipinski definition) is 7. The molecular formula is C25H27N3O4S2. The fraction of sp³-hybridized carbons (Fsp3) is 0.320. The van der Waals surface area contributed by atoms with Crippen LogP contribution in [0.15, 0.2) is 40.5 Å². The highest BCUT2D eigenvalue weighted by atomic mass is 32.1. The van der Waals surface area contributed by atoms with Gasteiger partial charge in [-0.1, -0.05) is 12.1 Å². The first kappa shape index (κ1) is 25.4. The van der Waals surface area contributed by atoms with Gasteiger partial charge in [0.05, 0.1) is 16.8 Å². The Morgan fingerprint density at radius 1 is 1.24 bits per heavy atom. The first-order valence-corrected chi connectivity index (χ1v) is 12.7. The number of anilines is 1. The molecule has 0 saturated heterocycles. The monoisotopic (exact) mass is 497 g/mol. The van der Waals surface area contributed by atoms with Crippen LogP contribution in [0.2, 0.25) is 0 Å². The molecule has 9 heteroatoms. The second-order valence-electron chi connectivity index (χ2n) is 7.26. The van der Waals surface area contributed by atoms with Crippen LogP contribution in [-0.2, 0) is 16.1 Å². The number of nitriles is 1. The van der Waals surface area contributed by atoms with Crippen molar-refractivity contribution >= 4 is 45.9 Å². The van der Waals surface area contributed by atoms with Gasteiger partial charge in [0.2, 0.25) is 0 Å². The van der Waals surface area contributed by atoms with Gasteiger partial charge in [0.1, 0.15) is 16.5 Å². The summed E-state index contributed by atoms with van der Waals surface area (Å²) in [6.45, 7) is 7.59. The first-order valence-electron chi connectivity index (χ1n) is 11.0. The first-order chi connectivity index (χ1) is 16.5. The maximum absolute atomic E-state index is 13.3. The number of para-hydroxylation sites is 2. The number of carbonyl (C=O) groups is 1. The summed E-state index contributed by atoms with van der Waals surface area (Å²) in [6.07, 6.45) is 2.41. The second kappa shape index (κ2) is 12.3. The molecule has 0 atom stereocenters. The Kier molecular flexibility index (Phi) is 9.22. The third kappa shape index (κ3) is 6.03. The highest BCUT2D eigenvalue weighted by Crippen LogP contribution is 2.24. The van der Waals surface area contributed by atoms with Gasteiger partial charge in [-0.2, -0.15) is 5.26 Å². The van der Waals surface area contributed by atoms with Crippen LogP contribution in [0.3, 0.4) is 0 Å². The van der Waals surface area contributed by atoms with Crippen molar-refractivity contribution in [2.45, 2.75) is 33.7 Å². The Bertz CT molecular complexity index is 1360. The smallest absolute Gasteiger partial charge is 0.269 e. The van der Waals surface area contributed by atoms with Crippen LogP contribution in [0.4, 0.5) is 5.69 Å². The molecule has 0 aliphatic heterocycles. The Hall–Kier alpha value is -3.19. The van der Waals surface area contributed by atoms with Crippen molar-refractivity contribution < 1.29 is 14.3 Å². The lowest BCUT2D eigenvalue weighted by molar-refractivity contribution is -0.111. The lowest BCUT2D eigenvalue weighted by Crippen LogP contribution is -2.34. The Morgan fingerprint density at radius 2 is 2.03 bits per heavy atom. The summed E-state index contributed by atoms with van der Waals surface area (Å²) in [5.41, 5.74) is 1.19. The quantitative estimate of drug-likeness (QED) is 0.434. The lowest BCUT2D eigenvalue weighted by atomic mass is 10.2. The zero-order valence-corrected chi connectivity index (χ0v) is 21.1. The standard InChI is InChI=1S/C25H27N3O4S2/c1-4-31-13-8-12-28-24(30)22(15-21-17(3)11-14-33-21)34-25(28)18(16-26)23(29)27-19-9-6-7-10-20(19)32-5-2/h6-7,9-11,14-15H,4-5,8,12-13H2,1-3H3,(H,27,29)/b22-15+,25-18-. The van der Waals surface area contributed by atoms with Gasteiger partial charge in [0.15, 0.2) is 5.57 Å². The summed E-state index contributed by atoms with van der Waals surface area (Å²) < 4.78 is 13.3. The molecule has 0 saturated carbocycles. The molecule has 0 fully saturated rings. The molecule has 3 aromatic rings. The van der Waals surface area contributed by atoms with E-state index in [2.05, 4.69) is 5.32 Å². The van der Waals surface area contributed by atoms with Gasteiger partial charge in [0, 0.05) is 24.6 Å². The number of carbonyl (C=O) groups excluding carboxylic acids is 1. The van der Waals surface area contributed by atoms with Gasteiger partial charge in [0.25, 0.3) is 11.5 Å². The number of rotatable bonds is 10. The predicted octanol–water partition coefficient (Wildman–Crippen LogP) is 3.25. The van der Waals surface area contributed by atoms with Crippen LogP contribution in [0.1, 0.15) is 30.7 Å². The third-order valence-corrected chi connectivity index (χ3v) is 7.03. The molecule has 0 radical (unpaired) electrons. The van der Waals surface area contributed by atoms with E-state index in [0.717, 1.165) is 21.8 Å². The fourth-order valence-electron chi connectivity index (χ4n) is 3.26. The normalized spacial score (nSPS) is 12.4. The highest BCUT2D eigenvalue weighted by molar-refractivity contribution is 7.11. The number of aromatic nitrogens is 1. The Labute approximate surface area is 206 Å². The molecule has 0 spiro atoms. The molecule has 34 heavy (non-hydrogen) atoms. The second-order valence-corrected chi connectivity index (χ2v) is 9.24. The fourth-order valence-corrected chi connectivity index (χ4v) is 5.30. The van der Waals surface area contributed by atoms with Crippen LogP contribution in [-0.4, -0.2) is 30.3 Å². The van der Waals surface area contributed by atoms with Crippen molar-refractivity contribution in [2.24, 2.45) is 0 Å². The number of hydrogen-bond donors (Lipinski definition) is 1. The molecule has 2 heterocycles. The van der Waals surface area contributed by atoms with Crippen molar-refractivity contribution in [3.05, 3.63) is 65.7 Å². The maximum atomic E-state index is 13.3. The molecule has 0 aliphatic carbocycles. The number of benzene rings is 1. The third-order valence-electron chi connectivity index (χ3n) is 4.93. The molecule has 0 unspecified atom stereocenters. The number of thiophene rings is 1. The summed E-state index contributed by atoms with van der Waals surface area (Å²) in [5.74, 6) is -0.0774. The Morgan fingerprint density at radius 3 is 2.71 bits per heavy atom. The average molecular weight is 498 g/mol. The number of ether oxygens (including phenoxy) is 2. The van der Waals surface area contributed by atoms with E-state index in [9.17, 15) is 14.9 Å². The van der Waals surface area contributed by atoms with Crippen LogP contribution in [0.25, 0.3) is 11.6 Å². The zero-order chi connectivity index (χ0) is 24.5. The van der Waals surface area contributed by atoms with E-state index in [-0.39, 0.29) is 11.1 Å². The molecule has 1 amide bonds. The molecule has 3 rings (SSSR count). The van der Waals surface area contributed by atoms with Crippen molar-refractivity contribution in [3.8, 4) is 11.8 Å².